The maximum absolute atomic E-state index is 11.5. The fourth-order valence-corrected chi connectivity index (χ4v) is 5.39. The van der Waals surface area contributed by atoms with Gasteiger partial charge in [-0.05, 0) is 23.3 Å². The lowest BCUT2D eigenvalue weighted by atomic mass is 9.78. The van der Waals surface area contributed by atoms with E-state index in [4.69, 9.17) is 4.74 Å². The van der Waals surface area contributed by atoms with Gasteiger partial charge in [-0.15, -0.1) is 0 Å². The van der Waals surface area contributed by atoms with E-state index in [-0.39, 0.29) is 29.6 Å². The van der Waals surface area contributed by atoms with Crippen molar-refractivity contribution in [3.63, 3.8) is 0 Å². The maximum Gasteiger partial charge on any atom is 0.156 e. The topological polar surface area (TPSA) is 80.2 Å². The number of hydrogen-bond donors (Lipinski definition) is 2. The molecule has 0 unspecified atom stereocenters. The van der Waals surface area contributed by atoms with Crippen LogP contribution in [0.2, 0.25) is 0 Å². The second kappa shape index (κ2) is 8.64. The summed E-state index contributed by atoms with van der Waals surface area (Å²) in [6.45, 7) is 5.03. The zero-order chi connectivity index (χ0) is 20.2. The van der Waals surface area contributed by atoms with Gasteiger partial charge in [-0.3, -0.25) is 0 Å². The Morgan fingerprint density at radius 2 is 1.75 bits per heavy atom. The van der Waals surface area contributed by atoms with Crippen LogP contribution in [0.3, 0.4) is 0 Å². The summed E-state index contributed by atoms with van der Waals surface area (Å²) in [5, 5.41) is 12.0. The first-order chi connectivity index (χ1) is 13.3. The predicted octanol–water partition coefficient (Wildman–Crippen LogP) is 1.50. The highest BCUT2D eigenvalue weighted by molar-refractivity contribution is 7.91. The van der Waals surface area contributed by atoms with E-state index in [2.05, 4.69) is 38.1 Å². The summed E-state index contributed by atoms with van der Waals surface area (Å²) in [4.78, 5) is 0. The summed E-state index contributed by atoms with van der Waals surface area (Å²) in [5.74, 6) is 1.18. The average molecular weight is 405 g/mol. The monoisotopic (exact) mass is 404 g/mol. The van der Waals surface area contributed by atoms with Crippen molar-refractivity contribution in [3.05, 3.63) is 65.7 Å². The molecular weight excluding hydrogens is 374 g/mol. The van der Waals surface area contributed by atoms with Gasteiger partial charge in [0, 0.05) is 11.8 Å². The zero-order valence-corrected chi connectivity index (χ0v) is 17.4. The molecule has 0 aliphatic carbocycles. The molecule has 1 aliphatic heterocycles. The van der Waals surface area contributed by atoms with Gasteiger partial charge < -0.3 is 15.2 Å². The van der Waals surface area contributed by atoms with Crippen LogP contribution in [0.25, 0.3) is 0 Å². The van der Waals surface area contributed by atoms with Crippen LogP contribution < -0.4 is 10.1 Å². The van der Waals surface area contributed by atoms with Crippen LogP contribution in [0, 0.1) is 0 Å². The summed E-state index contributed by atoms with van der Waals surface area (Å²) < 4.78 is 28.7. The molecule has 1 aliphatic rings. The number of benzene rings is 2. The molecule has 0 radical (unpaired) electrons. The van der Waals surface area contributed by atoms with Crippen LogP contribution in [0.4, 0.5) is 0 Å². The Morgan fingerprint density at radius 3 is 2.36 bits per heavy atom. The third-order valence-corrected chi connectivity index (χ3v) is 7.32. The van der Waals surface area contributed by atoms with Crippen molar-refractivity contribution in [2.24, 2.45) is 0 Å². The van der Waals surface area contributed by atoms with Crippen molar-refractivity contribution in [1.82, 2.24) is 0 Å². The van der Waals surface area contributed by atoms with Crippen molar-refractivity contribution in [3.8, 4) is 5.75 Å². The van der Waals surface area contributed by atoms with Gasteiger partial charge in [-0.2, -0.15) is 0 Å². The fourth-order valence-electron chi connectivity index (χ4n) is 3.61. The van der Waals surface area contributed by atoms with E-state index in [1.165, 1.54) is 11.1 Å². The average Bonchev–Trinajstić information content (AvgIpc) is 3.04. The quantitative estimate of drug-likeness (QED) is 0.699. The number of nitrogens with two attached hydrogens (primary N) is 1. The molecule has 2 aromatic carbocycles. The molecule has 0 aromatic heterocycles. The minimum atomic E-state index is -2.88. The molecular formula is C22H30NO4S+. The molecule has 1 heterocycles. The van der Waals surface area contributed by atoms with Crippen molar-refractivity contribution in [2.45, 2.75) is 37.8 Å². The molecule has 5 nitrogen and oxygen atoms in total. The summed E-state index contributed by atoms with van der Waals surface area (Å²) in [6.07, 6.45) is 0.0259. The molecule has 2 atom stereocenters. The van der Waals surface area contributed by atoms with Crippen LogP contribution in [0.1, 0.15) is 31.4 Å². The summed E-state index contributed by atoms with van der Waals surface area (Å²) in [6, 6.07) is 18.4. The van der Waals surface area contributed by atoms with Gasteiger partial charge in [0.1, 0.15) is 36.8 Å². The number of hydrogen-bond acceptors (Lipinski definition) is 4. The second-order valence-electron chi connectivity index (χ2n) is 8.11. The Kier molecular flexibility index (Phi) is 6.43. The lowest BCUT2D eigenvalue weighted by molar-refractivity contribution is -0.689. The van der Waals surface area contributed by atoms with Gasteiger partial charge in [0.05, 0.1) is 5.75 Å². The number of aliphatic hydroxyl groups excluding tert-OH is 1. The van der Waals surface area contributed by atoms with Gasteiger partial charge >= 0.3 is 0 Å². The Bertz CT molecular complexity index is 863. The van der Waals surface area contributed by atoms with Crippen LogP contribution in [0.15, 0.2) is 54.6 Å². The first-order valence-corrected chi connectivity index (χ1v) is 11.6. The summed E-state index contributed by atoms with van der Waals surface area (Å²) >= 11 is 0. The van der Waals surface area contributed by atoms with Crippen molar-refractivity contribution in [1.29, 1.82) is 0 Å². The lowest BCUT2D eigenvalue weighted by Crippen LogP contribution is -2.92. The number of ether oxygens (including phenoxy) is 1. The third kappa shape index (κ3) is 5.34. The largest absolute Gasteiger partial charge is 0.491 e. The Morgan fingerprint density at radius 1 is 1.11 bits per heavy atom. The van der Waals surface area contributed by atoms with Crippen LogP contribution in [-0.4, -0.2) is 50.3 Å². The van der Waals surface area contributed by atoms with Crippen LogP contribution in [0.5, 0.6) is 5.75 Å². The van der Waals surface area contributed by atoms with Gasteiger partial charge in [0.2, 0.25) is 0 Å². The highest BCUT2D eigenvalue weighted by Gasteiger charge is 2.30. The van der Waals surface area contributed by atoms with Crippen LogP contribution >= 0.6 is 0 Å². The highest BCUT2D eigenvalue weighted by atomic mass is 32.2. The van der Waals surface area contributed by atoms with E-state index >= 15 is 0 Å². The van der Waals surface area contributed by atoms with E-state index in [9.17, 15) is 13.5 Å². The summed E-state index contributed by atoms with van der Waals surface area (Å²) in [7, 11) is -2.88. The van der Waals surface area contributed by atoms with Crippen molar-refractivity contribution < 1.29 is 23.6 Å². The van der Waals surface area contributed by atoms with E-state index in [0.29, 0.717) is 13.0 Å². The summed E-state index contributed by atoms with van der Waals surface area (Å²) in [5.41, 5.74) is 2.35. The molecule has 2 aromatic rings. The normalized spacial score (nSPS) is 20.0. The van der Waals surface area contributed by atoms with E-state index < -0.39 is 15.9 Å². The van der Waals surface area contributed by atoms with Gasteiger partial charge in [0.15, 0.2) is 9.84 Å². The molecule has 152 valence electrons. The van der Waals surface area contributed by atoms with Gasteiger partial charge in [-0.1, -0.05) is 56.3 Å². The smallest absolute Gasteiger partial charge is 0.156 e. The van der Waals surface area contributed by atoms with E-state index in [0.717, 1.165) is 5.75 Å². The molecule has 0 spiro atoms. The second-order valence-corrected chi connectivity index (χ2v) is 10.3. The lowest BCUT2D eigenvalue weighted by Gasteiger charge is -2.26. The predicted molar refractivity (Wildman–Crippen MR) is 110 cm³/mol. The van der Waals surface area contributed by atoms with Gasteiger partial charge in [0.25, 0.3) is 0 Å². The molecule has 0 amide bonds. The molecule has 1 fully saturated rings. The van der Waals surface area contributed by atoms with Crippen molar-refractivity contribution >= 4 is 9.84 Å². The maximum atomic E-state index is 11.5. The minimum absolute atomic E-state index is 0.0548. The first-order valence-electron chi connectivity index (χ1n) is 9.77. The number of quaternary nitrogens is 1. The Hall–Kier alpha value is -1.89. The number of sulfone groups is 1. The molecule has 28 heavy (non-hydrogen) atoms. The van der Waals surface area contributed by atoms with E-state index in [1.807, 2.05) is 35.6 Å². The van der Waals surface area contributed by atoms with Crippen LogP contribution in [-0.2, 0) is 15.3 Å². The number of rotatable bonds is 8. The molecule has 1 saturated heterocycles. The SMILES string of the molecule is CC(C)(c1ccccc1)c1ccc(OC[C@H](O)C[NH2+][C@H]2CCS(=O)(=O)C2)cc1. The standard InChI is InChI=1S/C22H29NO4S/c1-22(2,17-6-4-3-5-7-17)18-8-10-21(11-9-18)27-15-20(24)14-23-19-12-13-28(25,26)16-19/h3-11,19-20,23-24H,12-16H2,1-2H3/p+1/t19-,20+/m0/s1. The molecule has 0 bridgehead atoms. The third-order valence-electron chi connectivity index (χ3n) is 5.52. The van der Waals surface area contributed by atoms with E-state index in [1.54, 1.807) is 0 Å². The highest BCUT2D eigenvalue weighted by Crippen LogP contribution is 2.32. The molecule has 0 saturated carbocycles. The molecule has 6 heteroatoms. The Labute approximate surface area is 167 Å². The Balaban J connectivity index is 1.49. The first kappa shape index (κ1) is 20.8. The molecule has 3 rings (SSSR count). The molecule has 3 N–H and O–H groups in total. The van der Waals surface area contributed by atoms with Crippen molar-refractivity contribution in [2.75, 3.05) is 24.7 Å². The minimum Gasteiger partial charge on any atom is -0.491 e. The van der Waals surface area contributed by atoms with Gasteiger partial charge in [-0.25, -0.2) is 8.42 Å². The zero-order valence-electron chi connectivity index (χ0n) is 16.5. The fraction of sp³-hybridized carbons (Fsp3) is 0.455. The number of aliphatic hydroxyl groups is 1.